The number of rotatable bonds is 4. The molecule has 3 N–H and O–H groups in total. The lowest BCUT2D eigenvalue weighted by molar-refractivity contribution is 0.0693. The van der Waals surface area contributed by atoms with E-state index in [2.05, 4.69) is 15.0 Å². The average molecular weight is 276 g/mol. The van der Waals surface area contributed by atoms with Crippen molar-refractivity contribution in [1.29, 1.82) is 0 Å². The van der Waals surface area contributed by atoms with Gasteiger partial charge in [0, 0.05) is 12.3 Å². The number of carbonyl (C=O) groups is 1. The third kappa shape index (κ3) is 2.74. The molecule has 20 heavy (non-hydrogen) atoms. The minimum Gasteiger partial charge on any atom is -0.481 e. The molecular formula is C12H12N4O4. The van der Waals surface area contributed by atoms with Crippen LogP contribution in [0.2, 0.25) is 0 Å². The van der Waals surface area contributed by atoms with Gasteiger partial charge in [0.25, 0.3) is 0 Å². The zero-order valence-electron chi connectivity index (χ0n) is 10.8. The summed E-state index contributed by atoms with van der Waals surface area (Å²) in [5.41, 5.74) is 5.58. The number of aryl methyl sites for hydroxylation is 1. The van der Waals surface area contributed by atoms with Gasteiger partial charge in [0.2, 0.25) is 5.88 Å². The van der Waals surface area contributed by atoms with Crippen LogP contribution in [0.5, 0.6) is 17.4 Å². The van der Waals surface area contributed by atoms with Crippen LogP contribution < -0.4 is 15.2 Å². The number of nitrogen functional groups attached to an aromatic ring is 1. The van der Waals surface area contributed by atoms with Crippen LogP contribution in [0.15, 0.2) is 18.5 Å². The van der Waals surface area contributed by atoms with E-state index in [1.807, 2.05) is 0 Å². The normalized spacial score (nSPS) is 10.1. The van der Waals surface area contributed by atoms with Crippen LogP contribution >= 0.6 is 0 Å². The molecule has 0 saturated carbocycles. The van der Waals surface area contributed by atoms with Crippen molar-refractivity contribution >= 4 is 11.8 Å². The van der Waals surface area contributed by atoms with Crippen LogP contribution in [-0.2, 0) is 0 Å². The number of carboxylic acid groups (broad SMARTS) is 1. The van der Waals surface area contributed by atoms with Crippen molar-refractivity contribution in [3.8, 4) is 17.4 Å². The van der Waals surface area contributed by atoms with Gasteiger partial charge in [-0.05, 0) is 6.92 Å². The third-order valence-corrected chi connectivity index (χ3v) is 2.40. The Hall–Kier alpha value is -2.90. The number of aromatic nitrogens is 3. The maximum atomic E-state index is 11.1. The molecule has 8 heteroatoms. The molecule has 0 saturated heterocycles. The molecular weight excluding hydrogens is 264 g/mol. The molecule has 2 heterocycles. The zero-order valence-corrected chi connectivity index (χ0v) is 10.8. The van der Waals surface area contributed by atoms with Crippen LogP contribution in [0, 0.1) is 6.92 Å². The van der Waals surface area contributed by atoms with Crippen molar-refractivity contribution in [1.82, 2.24) is 15.0 Å². The molecule has 2 aromatic heterocycles. The van der Waals surface area contributed by atoms with Gasteiger partial charge in [0.15, 0.2) is 11.6 Å². The summed E-state index contributed by atoms with van der Waals surface area (Å²) in [5, 5.41) is 9.10. The number of pyridine rings is 1. The highest BCUT2D eigenvalue weighted by atomic mass is 16.5. The lowest BCUT2D eigenvalue weighted by atomic mass is 10.2. The molecule has 0 aliphatic carbocycles. The Morgan fingerprint density at radius 1 is 1.30 bits per heavy atom. The average Bonchev–Trinajstić information content (AvgIpc) is 2.41. The Kier molecular flexibility index (Phi) is 3.65. The molecule has 0 fully saturated rings. The fraction of sp³-hybridized carbons (Fsp3) is 0.167. The lowest BCUT2D eigenvalue weighted by Gasteiger charge is -2.10. The summed E-state index contributed by atoms with van der Waals surface area (Å²) in [6.45, 7) is 1.68. The first-order valence-electron chi connectivity index (χ1n) is 5.55. The van der Waals surface area contributed by atoms with Crippen LogP contribution in [0.4, 0.5) is 5.82 Å². The highest BCUT2D eigenvalue weighted by Gasteiger charge is 2.16. The monoisotopic (exact) mass is 276 g/mol. The summed E-state index contributed by atoms with van der Waals surface area (Å²) in [5.74, 6) is -0.154. The summed E-state index contributed by atoms with van der Waals surface area (Å²) in [6.07, 6.45) is 2.51. The van der Waals surface area contributed by atoms with Gasteiger partial charge in [-0.1, -0.05) is 0 Å². The quantitative estimate of drug-likeness (QED) is 0.856. The Bertz CT molecular complexity index is 660. The van der Waals surface area contributed by atoms with Crippen molar-refractivity contribution in [2.24, 2.45) is 0 Å². The number of carboxylic acids is 1. The fourth-order valence-electron chi connectivity index (χ4n) is 1.45. The van der Waals surface area contributed by atoms with Crippen molar-refractivity contribution in [3.63, 3.8) is 0 Å². The number of anilines is 1. The number of methoxy groups -OCH3 is 1. The molecule has 0 spiro atoms. The lowest BCUT2D eigenvalue weighted by Crippen LogP contribution is -2.04. The number of aromatic carboxylic acids is 1. The molecule has 0 aliphatic heterocycles. The van der Waals surface area contributed by atoms with E-state index in [0.29, 0.717) is 5.82 Å². The highest BCUT2D eigenvalue weighted by Crippen LogP contribution is 2.30. The summed E-state index contributed by atoms with van der Waals surface area (Å²) < 4.78 is 10.4. The highest BCUT2D eigenvalue weighted by molar-refractivity contribution is 5.90. The van der Waals surface area contributed by atoms with Gasteiger partial charge in [-0.3, -0.25) is 0 Å². The van der Waals surface area contributed by atoms with Gasteiger partial charge in [0.05, 0.1) is 13.3 Å². The van der Waals surface area contributed by atoms with E-state index in [1.54, 1.807) is 6.92 Å². The predicted molar refractivity (Wildman–Crippen MR) is 69.0 cm³/mol. The van der Waals surface area contributed by atoms with Crippen molar-refractivity contribution in [2.75, 3.05) is 12.8 Å². The maximum absolute atomic E-state index is 11.1. The first-order chi connectivity index (χ1) is 9.51. The van der Waals surface area contributed by atoms with Crippen LogP contribution in [0.1, 0.15) is 16.2 Å². The molecule has 0 aromatic carbocycles. The number of hydrogen-bond acceptors (Lipinski definition) is 7. The van der Waals surface area contributed by atoms with E-state index in [-0.39, 0.29) is 28.8 Å². The third-order valence-electron chi connectivity index (χ3n) is 2.40. The van der Waals surface area contributed by atoms with Crippen molar-refractivity contribution in [3.05, 3.63) is 29.8 Å². The van der Waals surface area contributed by atoms with E-state index in [1.165, 1.54) is 19.4 Å². The Morgan fingerprint density at radius 3 is 2.65 bits per heavy atom. The minimum atomic E-state index is -1.18. The molecule has 8 nitrogen and oxygen atoms in total. The van der Waals surface area contributed by atoms with Crippen LogP contribution in [0.25, 0.3) is 0 Å². The predicted octanol–water partition coefficient (Wildman–Crippen LogP) is 1.26. The van der Waals surface area contributed by atoms with Gasteiger partial charge in [0.1, 0.15) is 17.1 Å². The maximum Gasteiger partial charge on any atom is 0.341 e. The van der Waals surface area contributed by atoms with Gasteiger partial charge in [-0.25, -0.2) is 19.7 Å². The van der Waals surface area contributed by atoms with Crippen LogP contribution in [0.3, 0.4) is 0 Å². The number of nitrogens with zero attached hydrogens (tertiary/aromatic N) is 3. The summed E-state index contributed by atoms with van der Waals surface area (Å²) in [7, 11) is 1.41. The molecule has 0 atom stereocenters. The Labute approximate surface area is 114 Å². The topological polar surface area (TPSA) is 120 Å². The number of nitrogens with two attached hydrogens (primary N) is 1. The van der Waals surface area contributed by atoms with Crippen molar-refractivity contribution < 1.29 is 19.4 Å². The van der Waals surface area contributed by atoms with Crippen molar-refractivity contribution in [2.45, 2.75) is 6.92 Å². The molecule has 0 aliphatic rings. The Balaban J connectivity index is 2.43. The van der Waals surface area contributed by atoms with Gasteiger partial charge >= 0.3 is 5.97 Å². The number of hydrogen-bond donors (Lipinski definition) is 2. The molecule has 0 bridgehead atoms. The molecule has 2 rings (SSSR count). The smallest absolute Gasteiger partial charge is 0.341 e. The second-order valence-electron chi connectivity index (χ2n) is 3.80. The fourth-order valence-corrected chi connectivity index (χ4v) is 1.45. The molecule has 2 aromatic rings. The SMILES string of the molecule is COc1cc(Oc2cnc(C)nc2N)c(C(=O)O)cn1. The summed E-state index contributed by atoms with van der Waals surface area (Å²) in [4.78, 5) is 22.8. The first-order valence-corrected chi connectivity index (χ1v) is 5.55. The zero-order chi connectivity index (χ0) is 14.7. The number of ether oxygens (including phenoxy) is 2. The minimum absolute atomic E-state index is 0.0449. The van der Waals surface area contributed by atoms with E-state index >= 15 is 0 Å². The largest absolute Gasteiger partial charge is 0.481 e. The second kappa shape index (κ2) is 5.39. The van der Waals surface area contributed by atoms with Gasteiger partial charge in [-0.15, -0.1) is 0 Å². The molecule has 104 valence electrons. The summed E-state index contributed by atoms with van der Waals surface area (Å²) in [6, 6.07) is 1.35. The van der Waals surface area contributed by atoms with E-state index in [0.717, 1.165) is 6.20 Å². The molecule has 0 unspecified atom stereocenters. The van der Waals surface area contributed by atoms with E-state index in [4.69, 9.17) is 20.3 Å². The summed E-state index contributed by atoms with van der Waals surface area (Å²) >= 11 is 0. The van der Waals surface area contributed by atoms with E-state index in [9.17, 15) is 4.79 Å². The van der Waals surface area contributed by atoms with Gasteiger partial charge in [-0.2, -0.15) is 0 Å². The Morgan fingerprint density at radius 2 is 2.05 bits per heavy atom. The second-order valence-corrected chi connectivity index (χ2v) is 3.80. The molecule has 0 radical (unpaired) electrons. The standard InChI is InChI=1S/C12H12N4O4/c1-6-14-5-9(11(13)16-6)20-8-3-10(19-2)15-4-7(8)12(17)18/h3-5H,1-2H3,(H,17,18)(H2,13,14,16). The van der Waals surface area contributed by atoms with Crippen LogP contribution in [-0.4, -0.2) is 33.1 Å². The first kappa shape index (κ1) is 13.5. The molecule has 0 amide bonds. The van der Waals surface area contributed by atoms with Gasteiger partial charge < -0.3 is 20.3 Å². The van der Waals surface area contributed by atoms with E-state index < -0.39 is 5.97 Å².